The summed E-state index contributed by atoms with van der Waals surface area (Å²) in [4.78, 5) is 0. The summed E-state index contributed by atoms with van der Waals surface area (Å²) < 4.78 is 17.2. The van der Waals surface area contributed by atoms with Gasteiger partial charge in [-0.3, -0.25) is 0 Å². The van der Waals surface area contributed by atoms with Crippen LogP contribution in [0.4, 0.5) is 0 Å². The lowest BCUT2D eigenvalue weighted by atomic mass is 9.93. The summed E-state index contributed by atoms with van der Waals surface area (Å²) in [6.07, 6.45) is -1.00. The van der Waals surface area contributed by atoms with Gasteiger partial charge in [0.25, 0.3) is 0 Å². The summed E-state index contributed by atoms with van der Waals surface area (Å²) in [5, 5.41) is 10.3. The van der Waals surface area contributed by atoms with Gasteiger partial charge < -0.3 is 19.3 Å². The molecule has 0 unspecified atom stereocenters. The minimum Gasteiger partial charge on any atom is -0.387 e. The first-order valence-corrected chi connectivity index (χ1v) is 7.00. The second-order valence-corrected chi connectivity index (χ2v) is 6.06. The van der Waals surface area contributed by atoms with E-state index < -0.39 is 17.5 Å². The molecule has 0 aromatic heterocycles. The molecule has 1 N–H and O–H groups in total. The number of aliphatic hydroxyl groups is 1. The Labute approximate surface area is 120 Å². The molecule has 4 heteroatoms. The number of aliphatic hydroxyl groups excluding tert-OH is 1. The molecule has 2 rings (SSSR count). The Morgan fingerprint density at radius 3 is 2.50 bits per heavy atom. The molecular formula is C16H24O4. The molecule has 1 aromatic rings. The Morgan fingerprint density at radius 2 is 1.85 bits per heavy atom. The topological polar surface area (TPSA) is 47.9 Å². The second-order valence-electron chi connectivity index (χ2n) is 6.06. The molecule has 1 aromatic carbocycles. The van der Waals surface area contributed by atoms with Gasteiger partial charge in [-0.2, -0.15) is 0 Å². The first-order chi connectivity index (χ1) is 9.32. The number of rotatable bonds is 4. The minimum atomic E-state index is -0.768. The fourth-order valence-corrected chi connectivity index (χ4v) is 2.72. The SMILES string of the molecule is C[C@H]1OC(C)(C)O[C@@](C)(COCc2ccccc2)[C@@H]1O. The highest BCUT2D eigenvalue weighted by atomic mass is 16.7. The normalized spacial score (nSPS) is 33.0. The van der Waals surface area contributed by atoms with E-state index in [0.29, 0.717) is 13.2 Å². The molecule has 0 bridgehead atoms. The van der Waals surface area contributed by atoms with Crippen molar-refractivity contribution in [1.29, 1.82) is 0 Å². The first-order valence-electron chi connectivity index (χ1n) is 7.00. The van der Waals surface area contributed by atoms with E-state index in [1.807, 2.05) is 58.0 Å². The van der Waals surface area contributed by atoms with E-state index in [1.165, 1.54) is 0 Å². The standard InChI is InChI=1S/C16H24O4/c1-12-14(17)16(4,20-15(2,3)19-12)11-18-10-13-8-6-5-7-9-13/h5-9,12,14,17H,10-11H2,1-4H3/t12-,14-,16+/m1/s1. The highest BCUT2D eigenvalue weighted by molar-refractivity contribution is 5.13. The molecule has 0 aliphatic carbocycles. The van der Waals surface area contributed by atoms with E-state index in [-0.39, 0.29) is 6.10 Å². The van der Waals surface area contributed by atoms with Crippen molar-refractivity contribution in [3.05, 3.63) is 35.9 Å². The van der Waals surface area contributed by atoms with Gasteiger partial charge >= 0.3 is 0 Å². The maximum atomic E-state index is 10.3. The summed E-state index contributed by atoms with van der Waals surface area (Å²) in [5.74, 6) is -0.719. The maximum absolute atomic E-state index is 10.3. The third-order valence-corrected chi connectivity index (χ3v) is 3.52. The van der Waals surface area contributed by atoms with Crippen molar-refractivity contribution in [2.45, 2.75) is 57.9 Å². The lowest BCUT2D eigenvalue weighted by molar-refractivity contribution is -0.367. The average molecular weight is 280 g/mol. The minimum absolute atomic E-state index is 0.288. The van der Waals surface area contributed by atoms with Gasteiger partial charge in [-0.05, 0) is 33.3 Å². The van der Waals surface area contributed by atoms with Gasteiger partial charge in [-0.15, -0.1) is 0 Å². The summed E-state index contributed by atoms with van der Waals surface area (Å²) >= 11 is 0. The third kappa shape index (κ3) is 3.58. The van der Waals surface area contributed by atoms with Gasteiger partial charge in [0.2, 0.25) is 0 Å². The Hall–Kier alpha value is -0.940. The Balaban J connectivity index is 1.95. The molecule has 1 aliphatic rings. The van der Waals surface area contributed by atoms with E-state index >= 15 is 0 Å². The van der Waals surface area contributed by atoms with Crippen molar-refractivity contribution in [2.75, 3.05) is 6.61 Å². The quantitative estimate of drug-likeness (QED) is 0.920. The molecule has 0 saturated carbocycles. The van der Waals surface area contributed by atoms with E-state index in [1.54, 1.807) is 0 Å². The van der Waals surface area contributed by atoms with E-state index in [0.717, 1.165) is 5.56 Å². The number of hydrogen-bond acceptors (Lipinski definition) is 4. The van der Waals surface area contributed by atoms with E-state index in [9.17, 15) is 5.11 Å². The van der Waals surface area contributed by atoms with E-state index in [4.69, 9.17) is 14.2 Å². The third-order valence-electron chi connectivity index (χ3n) is 3.52. The number of hydrogen-bond donors (Lipinski definition) is 1. The van der Waals surface area contributed by atoms with Gasteiger partial charge in [-0.1, -0.05) is 30.3 Å². The fourth-order valence-electron chi connectivity index (χ4n) is 2.72. The second kappa shape index (κ2) is 5.82. The molecule has 4 nitrogen and oxygen atoms in total. The lowest BCUT2D eigenvalue weighted by Crippen LogP contribution is -2.62. The molecule has 1 aliphatic heterocycles. The van der Waals surface area contributed by atoms with Crippen molar-refractivity contribution < 1.29 is 19.3 Å². The lowest BCUT2D eigenvalue weighted by Gasteiger charge is -2.48. The number of ether oxygens (including phenoxy) is 3. The van der Waals surface area contributed by atoms with Crippen LogP contribution < -0.4 is 0 Å². The van der Waals surface area contributed by atoms with Crippen molar-refractivity contribution >= 4 is 0 Å². The fraction of sp³-hybridized carbons (Fsp3) is 0.625. The van der Waals surface area contributed by atoms with Crippen LogP contribution in [0.25, 0.3) is 0 Å². The molecular weight excluding hydrogens is 256 g/mol. The van der Waals surface area contributed by atoms with E-state index in [2.05, 4.69) is 0 Å². The Bertz CT molecular complexity index is 431. The highest BCUT2D eigenvalue weighted by Crippen LogP contribution is 2.34. The largest absolute Gasteiger partial charge is 0.387 e. The van der Waals surface area contributed by atoms with Crippen LogP contribution in [0.15, 0.2) is 30.3 Å². The molecule has 112 valence electrons. The predicted octanol–water partition coefficient (Wildman–Crippen LogP) is 2.49. The average Bonchev–Trinajstić information content (AvgIpc) is 2.36. The molecule has 0 amide bonds. The Morgan fingerprint density at radius 1 is 1.20 bits per heavy atom. The van der Waals surface area contributed by atoms with Crippen LogP contribution in [-0.4, -0.2) is 35.3 Å². The molecule has 0 spiro atoms. The summed E-state index contributed by atoms with van der Waals surface area (Å²) in [6.45, 7) is 8.24. The summed E-state index contributed by atoms with van der Waals surface area (Å²) in [7, 11) is 0. The molecule has 1 fully saturated rings. The van der Waals surface area contributed by atoms with Crippen LogP contribution in [0.2, 0.25) is 0 Å². The maximum Gasteiger partial charge on any atom is 0.164 e. The molecule has 20 heavy (non-hydrogen) atoms. The predicted molar refractivity (Wildman–Crippen MR) is 76.2 cm³/mol. The summed E-state index contributed by atoms with van der Waals surface area (Å²) in [5.41, 5.74) is 0.334. The van der Waals surface area contributed by atoms with Gasteiger partial charge in [-0.25, -0.2) is 0 Å². The van der Waals surface area contributed by atoms with Crippen molar-refractivity contribution in [1.82, 2.24) is 0 Å². The first kappa shape index (κ1) is 15.4. The monoisotopic (exact) mass is 280 g/mol. The van der Waals surface area contributed by atoms with Crippen LogP contribution >= 0.6 is 0 Å². The Kier molecular flexibility index (Phi) is 4.49. The van der Waals surface area contributed by atoms with Gasteiger partial charge in [0.05, 0.1) is 19.3 Å². The van der Waals surface area contributed by atoms with Crippen LogP contribution in [0.5, 0.6) is 0 Å². The number of benzene rings is 1. The van der Waals surface area contributed by atoms with Crippen molar-refractivity contribution in [2.24, 2.45) is 0 Å². The molecule has 1 heterocycles. The van der Waals surface area contributed by atoms with Crippen molar-refractivity contribution in [3.63, 3.8) is 0 Å². The zero-order valence-electron chi connectivity index (χ0n) is 12.6. The molecule has 0 radical (unpaired) electrons. The zero-order chi connectivity index (χ0) is 14.8. The highest BCUT2D eigenvalue weighted by Gasteiger charge is 2.48. The van der Waals surface area contributed by atoms with Crippen molar-refractivity contribution in [3.8, 4) is 0 Å². The van der Waals surface area contributed by atoms with Gasteiger partial charge in [0.15, 0.2) is 5.79 Å². The smallest absolute Gasteiger partial charge is 0.164 e. The molecule has 1 saturated heterocycles. The van der Waals surface area contributed by atoms with Crippen LogP contribution in [0, 0.1) is 0 Å². The van der Waals surface area contributed by atoms with Gasteiger partial charge in [0, 0.05) is 0 Å². The zero-order valence-corrected chi connectivity index (χ0v) is 12.6. The van der Waals surface area contributed by atoms with Crippen LogP contribution in [0.1, 0.15) is 33.3 Å². The summed E-state index contributed by atoms with van der Waals surface area (Å²) in [6, 6.07) is 9.95. The van der Waals surface area contributed by atoms with Crippen LogP contribution in [0.3, 0.4) is 0 Å². The molecule has 3 atom stereocenters. The van der Waals surface area contributed by atoms with Gasteiger partial charge in [0.1, 0.15) is 11.7 Å². The van der Waals surface area contributed by atoms with Crippen LogP contribution in [-0.2, 0) is 20.8 Å².